The largest absolute Gasteiger partial charge is 0.382 e. The lowest BCUT2D eigenvalue weighted by Gasteiger charge is -2.06. The van der Waals surface area contributed by atoms with Crippen LogP contribution in [0.5, 0.6) is 0 Å². The van der Waals surface area contributed by atoms with Crippen LogP contribution in [0.1, 0.15) is 56.3 Å². The fraction of sp³-hybridized carbons (Fsp3) is 0.692. The number of nitrogens with zero attached hydrogens (tertiary/aromatic N) is 1. The highest BCUT2D eigenvalue weighted by atomic mass is 32.1. The summed E-state index contributed by atoms with van der Waals surface area (Å²) >= 11 is 1.19. The summed E-state index contributed by atoms with van der Waals surface area (Å²) in [6.45, 7) is 5.33. The summed E-state index contributed by atoms with van der Waals surface area (Å²) in [6, 6.07) is 0. The number of nitrogens with one attached hydrogen (secondary N) is 1. The number of primary amides is 1. The molecule has 1 aromatic rings. The number of nitrogens with two attached hydrogens (primary N) is 2. The zero-order valence-electron chi connectivity index (χ0n) is 11.7. The maximum absolute atomic E-state index is 11.2. The van der Waals surface area contributed by atoms with Gasteiger partial charge in [0, 0.05) is 6.54 Å². The van der Waals surface area contributed by atoms with Crippen molar-refractivity contribution in [3.63, 3.8) is 0 Å². The van der Waals surface area contributed by atoms with Crippen molar-refractivity contribution in [2.45, 2.75) is 46.0 Å². The Morgan fingerprint density at radius 3 is 2.63 bits per heavy atom. The summed E-state index contributed by atoms with van der Waals surface area (Å²) < 4.78 is 3.94. The number of aromatic nitrogens is 1. The Labute approximate surface area is 118 Å². The number of anilines is 2. The summed E-state index contributed by atoms with van der Waals surface area (Å²) in [5.41, 5.74) is 11.2. The van der Waals surface area contributed by atoms with Crippen molar-refractivity contribution in [3.8, 4) is 0 Å². The number of amides is 1. The molecule has 0 spiro atoms. The fourth-order valence-electron chi connectivity index (χ4n) is 1.89. The number of unbranched alkanes of at least 4 members (excludes halogenated alkanes) is 3. The minimum absolute atomic E-state index is 0.219. The summed E-state index contributed by atoms with van der Waals surface area (Å²) in [5.74, 6) is 0.485. The number of carbonyl (C=O) groups excluding carboxylic acids is 1. The van der Waals surface area contributed by atoms with Crippen molar-refractivity contribution in [3.05, 3.63) is 5.56 Å². The van der Waals surface area contributed by atoms with Gasteiger partial charge in [-0.1, -0.05) is 39.5 Å². The second-order valence-electron chi connectivity index (χ2n) is 5.16. The van der Waals surface area contributed by atoms with Gasteiger partial charge in [0.2, 0.25) is 0 Å². The molecule has 0 aromatic carbocycles. The predicted molar refractivity (Wildman–Crippen MR) is 81.5 cm³/mol. The van der Waals surface area contributed by atoms with E-state index in [4.69, 9.17) is 11.5 Å². The van der Waals surface area contributed by atoms with Gasteiger partial charge < -0.3 is 16.8 Å². The van der Waals surface area contributed by atoms with Crippen molar-refractivity contribution in [1.82, 2.24) is 4.37 Å². The molecule has 0 atom stereocenters. The lowest BCUT2D eigenvalue weighted by molar-refractivity contribution is 0.100. The monoisotopic (exact) mass is 284 g/mol. The van der Waals surface area contributed by atoms with E-state index < -0.39 is 5.91 Å². The first-order chi connectivity index (χ1) is 9.02. The SMILES string of the molecule is CC(C)CCCCCCNc1snc(N)c1C(N)=O. The van der Waals surface area contributed by atoms with Gasteiger partial charge in [-0.25, -0.2) is 0 Å². The quantitative estimate of drug-likeness (QED) is 0.608. The van der Waals surface area contributed by atoms with E-state index in [0.29, 0.717) is 10.6 Å². The Hall–Kier alpha value is -1.30. The highest BCUT2D eigenvalue weighted by Gasteiger charge is 2.15. The normalized spacial score (nSPS) is 10.9. The van der Waals surface area contributed by atoms with E-state index in [2.05, 4.69) is 23.5 Å². The molecule has 0 radical (unpaired) electrons. The molecule has 108 valence electrons. The topological polar surface area (TPSA) is 94.0 Å². The van der Waals surface area contributed by atoms with Gasteiger partial charge in [-0.2, -0.15) is 4.37 Å². The Kier molecular flexibility index (Phi) is 6.62. The Bertz CT molecular complexity index is 403. The van der Waals surface area contributed by atoms with E-state index in [1.807, 2.05) is 0 Å². The van der Waals surface area contributed by atoms with Crippen molar-refractivity contribution < 1.29 is 4.79 Å². The third-order valence-corrected chi connectivity index (χ3v) is 3.78. The van der Waals surface area contributed by atoms with Crippen LogP contribution in [-0.2, 0) is 0 Å². The summed E-state index contributed by atoms with van der Waals surface area (Å²) in [5, 5.41) is 3.88. The van der Waals surface area contributed by atoms with Gasteiger partial charge in [-0.05, 0) is 23.9 Å². The maximum Gasteiger partial charge on any atom is 0.255 e. The lowest BCUT2D eigenvalue weighted by atomic mass is 10.0. The Morgan fingerprint density at radius 2 is 2.00 bits per heavy atom. The number of rotatable bonds is 9. The third-order valence-electron chi connectivity index (χ3n) is 2.96. The van der Waals surface area contributed by atoms with Gasteiger partial charge in [0.25, 0.3) is 5.91 Å². The highest BCUT2D eigenvalue weighted by Crippen LogP contribution is 2.26. The van der Waals surface area contributed by atoms with Crippen LogP contribution < -0.4 is 16.8 Å². The van der Waals surface area contributed by atoms with E-state index in [9.17, 15) is 4.79 Å². The van der Waals surface area contributed by atoms with E-state index in [1.165, 1.54) is 37.2 Å². The van der Waals surface area contributed by atoms with Gasteiger partial charge in [-0.15, -0.1) is 0 Å². The van der Waals surface area contributed by atoms with Crippen molar-refractivity contribution in [2.24, 2.45) is 11.7 Å². The zero-order chi connectivity index (χ0) is 14.3. The zero-order valence-corrected chi connectivity index (χ0v) is 12.6. The molecule has 0 saturated heterocycles. The second-order valence-corrected chi connectivity index (χ2v) is 5.93. The average molecular weight is 284 g/mol. The van der Waals surface area contributed by atoms with Crippen LogP contribution >= 0.6 is 11.5 Å². The molecule has 0 saturated carbocycles. The van der Waals surface area contributed by atoms with Gasteiger partial charge in [0.15, 0.2) is 5.82 Å². The Morgan fingerprint density at radius 1 is 1.32 bits per heavy atom. The molecule has 0 unspecified atom stereocenters. The molecule has 6 heteroatoms. The summed E-state index contributed by atoms with van der Waals surface area (Å²) in [7, 11) is 0. The second kappa shape index (κ2) is 7.99. The third kappa shape index (κ3) is 5.46. The smallest absolute Gasteiger partial charge is 0.255 e. The van der Waals surface area contributed by atoms with Gasteiger partial charge in [0.05, 0.1) is 0 Å². The maximum atomic E-state index is 11.2. The van der Waals surface area contributed by atoms with Crippen LogP contribution in [0.15, 0.2) is 0 Å². The van der Waals surface area contributed by atoms with Crippen molar-refractivity contribution in [2.75, 3.05) is 17.6 Å². The Balaban J connectivity index is 2.21. The molecule has 1 amide bonds. The minimum Gasteiger partial charge on any atom is -0.382 e. The first-order valence-corrected chi connectivity index (χ1v) is 7.58. The standard InChI is InChI=1S/C13H24N4OS/c1-9(2)7-5-3-4-6-8-16-13-10(12(15)18)11(14)17-19-13/h9,16H,3-8H2,1-2H3,(H2,14,17)(H2,15,18). The van der Waals surface area contributed by atoms with Crippen molar-refractivity contribution >= 4 is 28.3 Å². The molecular weight excluding hydrogens is 260 g/mol. The molecule has 5 N–H and O–H groups in total. The van der Waals surface area contributed by atoms with Crippen LogP contribution in [0.4, 0.5) is 10.8 Å². The van der Waals surface area contributed by atoms with Gasteiger partial charge in [-0.3, -0.25) is 4.79 Å². The van der Waals surface area contributed by atoms with Crippen LogP contribution in [0, 0.1) is 5.92 Å². The molecular formula is C13H24N4OS. The van der Waals surface area contributed by atoms with E-state index >= 15 is 0 Å². The number of hydrogen-bond donors (Lipinski definition) is 3. The fourth-order valence-corrected chi connectivity index (χ4v) is 2.64. The molecule has 0 aliphatic rings. The number of carbonyl (C=O) groups is 1. The molecule has 0 bridgehead atoms. The van der Waals surface area contributed by atoms with Gasteiger partial charge in [0.1, 0.15) is 10.6 Å². The van der Waals surface area contributed by atoms with Crippen LogP contribution in [0.2, 0.25) is 0 Å². The summed E-state index contributed by atoms with van der Waals surface area (Å²) in [4.78, 5) is 11.2. The highest BCUT2D eigenvalue weighted by molar-refractivity contribution is 7.11. The van der Waals surface area contributed by atoms with Gasteiger partial charge >= 0.3 is 0 Å². The predicted octanol–water partition coefficient (Wildman–Crippen LogP) is 2.84. The van der Waals surface area contributed by atoms with Crippen LogP contribution in [0.25, 0.3) is 0 Å². The molecule has 19 heavy (non-hydrogen) atoms. The molecule has 0 fully saturated rings. The molecule has 5 nitrogen and oxygen atoms in total. The molecule has 1 aromatic heterocycles. The molecule has 0 aliphatic heterocycles. The van der Waals surface area contributed by atoms with E-state index in [1.54, 1.807) is 0 Å². The molecule has 1 heterocycles. The lowest BCUT2D eigenvalue weighted by Crippen LogP contribution is -2.15. The molecule has 0 aliphatic carbocycles. The van der Waals surface area contributed by atoms with Crippen molar-refractivity contribution in [1.29, 1.82) is 0 Å². The summed E-state index contributed by atoms with van der Waals surface area (Å²) in [6.07, 6.45) is 6.11. The van der Waals surface area contributed by atoms with Crippen LogP contribution in [0.3, 0.4) is 0 Å². The molecule has 1 rings (SSSR count). The minimum atomic E-state index is -0.523. The van der Waals surface area contributed by atoms with E-state index in [-0.39, 0.29) is 5.82 Å². The first kappa shape index (κ1) is 15.8. The first-order valence-electron chi connectivity index (χ1n) is 6.81. The number of hydrogen-bond acceptors (Lipinski definition) is 5. The van der Waals surface area contributed by atoms with Crippen LogP contribution in [-0.4, -0.2) is 16.8 Å². The number of nitrogen functional groups attached to an aromatic ring is 1. The van der Waals surface area contributed by atoms with E-state index in [0.717, 1.165) is 18.9 Å². The average Bonchev–Trinajstić information content (AvgIpc) is 2.69.